The standard InChI is InChI=1S/C41H29N/c1-41(2)36-24-28-12-4-3-11-27(28)23-35(36)30-22-21-29(25-37(30)41)42-38-19-7-5-15-31(38)33-17-9-13-26-14-10-18-34(40(26)33)32-16-6-8-20-39(32)42/h3-25H,1-2H3. The van der Waals surface area contributed by atoms with E-state index in [0.29, 0.717) is 0 Å². The van der Waals surface area contributed by atoms with Gasteiger partial charge in [-0.3, -0.25) is 0 Å². The lowest BCUT2D eigenvalue weighted by molar-refractivity contribution is 0.661. The molecule has 1 nitrogen and oxygen atoms in total. The number of para-hydroxylation sites is 2. The van der Waals surface area contributed by atoms with E-state index in [1.807, 2.05) is 0 Å². The number of hydrogen-bond donors (Lipinski definition) is 0. The summed E-state index contributed by atoms with van der Waals surface area (Å²) >= 11 is 0. The van der Waals surface area contributed by atoms with Crippen LogP contribution in [-0.2, 0) is 5.41 Å². The summed E-state index contributed by atoms with van der Waals surface area (Å²) in [6.45, 7) is 4.76. The lowest BCUT2D eigenvalue weighted by atomic mass is 9.81. The second-order valence-corrected chi connectivity index (χ2v) is 12.2. The molecule has 0 unspecified atom stereocenters. The van der Waals surface area contributed by atoms with Crippen molar-refractivity contribution in [2.45, 2.75) is 19.3 Å². The Labute approximate surface area is 246 Å². The Balaban J connectivity index is 1.33. The van der Waals surface area contributed by atoms with E-state index in [-0.39, 0.29) is 5.41 Å². The number of fused-ring (bicyclic) bond motifs is 8. The molecule has 0 fully saturated rings. The monoisotopic (exact) mass is 535 g/mol. The summed E-state index contributed by atoms with van der Waals surface area (Å²) in [6, 6.07) is 51.8. The van der Waals surface area contributed by atoms with Gasteiger partial charge in [0.2, 0.25) is 0 Å². The SMILES string of the molecule is CC1(C)c2cc(N3c4ccccc4-c4cccc5cccc(c45)-c4ccccc43)ccc2-c2cc3ccccc3cc21. The highest BCUT2D eigenvalue weighted by Crippen LogP contribution is 2.54. The van der Waals surface area contributed by atoms with Crippen molar-refractivity contribution in [3.63, 3.8) is 0 Å². The number of nitrogens with zero attached hydrogens (tertiary/aromatic N) is 1. The molecule has 0 spiro atoms. The van der Waals surface area contributed by atoms with Crippen molar-refractivity contribution in [1.82, 2.24) is 0 Å². The summed E-state index contributed by atoms with van der Waals surface area (Å²) in [5, 5.41) is 5.19. The molecule has 42 heavy (non-hydrogen) atoms. The summed E-state index contributed by atoms with van der Waals surface area (Å²) in [6.07, 6.45) is 0. The third-order valence-corrected chi connectivity index (χ3v) is 9.56. The van der Waals surface area contributed by atoms with Crippen LogP contribution in [0.3, 0.4) is 0 Å². The lowest BCUT2D eigenvalue weighted by Gasteiger charge is -2.33. The smallest absolute Gasteiger partial charge is 0.0540 e. The molecule has 9 rings (SSSR count). The molecule has 1 heteroatoms. The Bertz CT molecular complexity index is 2150. The molecule has 0 N–H and O–H groups in total. The molecule has 0 saturated carbocycles. The predicted octanol–water partition coefficient (Wildman–Crippen LogP) is 11.4. The van der Waals surface area contributed by atoms with Crippen LogP contribution in [-0.4, -0.2) is 0 Å². The van der Waals surface area contributed by atoms with Crippen LogP contribution in [0.1, 0.15) is 25.0 Å². The maximum Gasteiger partial charge on any atom is 0.0540 e. The largest absolute Gasteiger partial charge is 0.309 e. The van der Waals surface area contributed by atoms with Crippen molar-refractivity contribution in [2.75, 3.05) is 4.90 Å². The zero-order valence-electron chi connectivity index (χ0n) is 23.7. The molecule has 1 heterocycles. The van der Waals surface area contributed by atoms with Gasteiger partial charge < -0.3 is 4.90 Å². The second-order valence-electron chi connectivity index (χ2n) is 12.2. The Morgan fingerprint density at radius 3 is 1.60 bits per heavy atom. The first kappa shape index (κ1) is 23.6. The quantitative estimate of drug-likeness (QED) is 0.202. The van der Waals surface area contributed by atoms with Crippen molar-refractivity contribution in [1.29, 1.82) is 0 Å². The molecular formula is C41H29N. The predicted molar refractivity (Wildman–Crippen MR) is 178 cm³/mol. The minimum absolute atomic E-state index is 0.106. The van der Waals surface area contributed by atoms with Crippen LogP contribution in [0.2, 0.25) is 0 Å². The maximum atomic E-state index is 2.48. The van der Waals surface area contributed by atoms with Gasteiger partial charge in [0.1, 0.15) is 0 Å². The molecule has 198 valence electrons. The molecule has 2 aliphatic rings. The fourth-order valence-corrected chi connectivity index (χ4v) is 7.54. The van der Waals surface area contributed by atoms with E-state index < -0.39 is 0 Å². The highest BCUT2D eigenvalue weighted by Gasteiger charge is 2.37. The molecule has 0 radical (unpaired) electrons. The van der Waals surface area contributed by atoms with Crippen molar-refractivity contribution < 1.29 is 0 Å². The van der Waals surface area contributed by atoms with Crippen LogP contribution in [0.15, 0.2) is 140 Å². The number of anilines is 3. The lowest BCUT2D eigenvalue weighted by Crippen LogP contribution is -2.17. The number of rotatable bonds is 1. The fourth-order valence-electron chi connectivity index (χ4n) is 7.54. The Hall–Kier alpha value is -5.14. The first-order valence-corrected chi connectivity index (χ1v) is 14.8. The zero-order valence-corrected chi connectivity index (χ0v) is 23.7. The van der Waals surface area contributed by atoms with E-state index in [0.717, 1.165) is 0 Å². The number of hydrogen-bond acceptors (Lipinski definition) is 1. The minimum atomic E-state index is -0.106. The summed E-state index contributed by atoms with van der Waals surface area (Å²) in [4.78, 5) is 2.48. The maximum absolute atomic E-state index is 2.48. The van der Waals surface area contributed by atoms with Crippen molar-refractivity contribution in [2.24, 2.45) is 0 Å². The number of benzene rings is 7. The van der Waals surface area contributed by atoms with Gasteiger partial charge in [-0.05, 0) is 91.3 Å². The van der Waals surface area contributed by atoms with Crippen LogP contribution < -0.4 is 4.90 Å². The Morgan fingerprint density at radius 1 is 0.405 bits per heavy atom. The first-order chi connectivity index (χ1) is 20.6. The van der Waals surface area contributed by atoms with Gasteiger partial charge in [-0.1, -0.05) is 117 Å². The van der Waals surface area contributed by atoms with E-state index in [1.165, 1.54) is 83.1 Å². The van der Waals surface area contributed by atoms with Gasteiger partial charge >= 0.3 is 0 Å². The van der Waals surface area contributed by atoms with Crippen LogP contribution >= 0.6 is 0 Å². The molecule has 1 aliphatic heterocycles. The summed E-state index contributed by atoms with van der Waals surface area (Å²) in [5.41, 5.74) is 14.0. The highest BCUT2D eigenvalue weighted by molar-refractivity contribution is 6.12. The molecule has 1 aliphatic carbocycles. The van der Waals surface area contributed by atoms with E-state index in [1.54, 1.807) is 0 Å². The average Bonchev–Trinajstić information content (AvgIpc) is 3.24. The average molecular weight is 536 g/mol. The molecule has 0 atom stereocenters. The second kappa shape index (κ2) is 8.44. The summed E-state index contributed by atoms with van der Waals surface area (Å²) in [5.74, 6) is 0. The van der Waals surface area contributed by atoms with E-state index in [2.05, 4.69) is 158 Å². The molecule has 7 aromatic rings. The normalized spacial score (nSPS) is 14.1. The molecule has 7 aromatic carbocycles. The third-order valence-electron chi connectivity index (χ3n) is 9.56. The fraction of sp³-hybridized carbons (Fsp3) is 0.0732. The Morgan fingerprint density at radius 2 is 0.929 bits per heavy atom. The van der Waals surface area contributed by atoms with Crippen LogP contribution in [0.25, 0.3) is 54.9 Å². The molecule has 0 amide bonds. The highest BCUT2D eigenvalue weighted by atomic mass is 15.1. The Kier molecular flexibility index (Phi) is 4.73. The van der Waals surface area contributed by atoms with E-state index in [4.69, 9.17) is 0 Å². The molecule has 0 saturated heterocycles. The van der Waals surface area contributed by atoms with Crippen molar-refractivity contribution >= 4 is 38.6 Å². The first-order valence-electron chi connectivity index (χ1n) is 14.8. The van der Waals surface area contributed by atoms with E-state index >= 15 is 0 Å². The van der Waals surface area contributed by atoms with Gasteiger partial charge in [0, 0.05) is 22.2 Å². The van der Waals surface area contributed by atoms with Gasteiger partial charge in [-0.25, -0.2) is 0 Å². The van der Waals surface area contributed by atoms with Crippen molar-refractivity contribution in [3.05, 3.63) is 151 Å². The third kappa shape index (κ3) is 3.14. The molecule has 0 aromatic heterocycles. The van der Waals surface area contributed by atoms with Gasteiger partial charge in [0.15, 0.2) is 0 Å². The summed E-state index contributed by atoms with van der Waals surface area (Å²) < 4.78 is 0. The van der Waals surface area contributed by atoms with Crippen LogP contribution in [0.5, 0.6) is 0 Å². The molecular weight excluding hydrogens is 506 g/mol. The molecule has 0 bridgehead atoms. The van der Waals surface area contributed by atoms with Crippen LogP contribution in [0.4, 0.5) is 17.1 Å². The topological polar surface area (TPSA) is 3.24 Å². The van der Waals surface area contributed by atoms with Crippen LogP contribution in [0, 0.1) is 0 Å². The van der Waals surface area contributed by atoms with Gasteiger partial charge in [0.25, 0.3) is 0 Å². The summed E-state index contributed by atoms with van der Waals surface area (Å²) in [7, 11) is 0. The van der Waals surface area contributed by atoms with E-state index in [9.17, 15) is 0 Å². The zero-order chi connectivity index (χ0) is 28.0. The minimum Gasteiger partial charge on any atom is -0.309 e. The van der Waals surface area contributed by atoms with Gasteiger partial charge in [-0.15, -0.1) is 0 Å². The van der Waals surface area contributed by atoms with Gasteiger partial charge in [0.05, 0.1) is 11.4 Å². The van der Waals surface area contributed by atoms with Gasteiger partial charge in [-0.2, -0.15) is 0 Å². The van der Waals surface area contributed by atoms with Crippen molar-refractivity contribution in [3.8, 4) is 33.4 Å².